The molecule has 3 aromatic rings. The van der Waals surface area contributed by atoms with Gasteiger partial charge in [-0.3, -0.25) is 4.55 Å². The Morgan fingerprint density at radius 2 is 1.59 bits per heavy atom. The van der Waals surface area contributed by atoms with E-state index in [0.29, 0.717) is 6.07 Å². The lowest BCUT2D eigenvalue weighted by Crippen LogP contribution is -2.19. The third kappa shape index (κ3) is 3.93. The van der Waals surface area contributed by atoms with Crippen molar-refractivity contribution in [3.63, 3.8) is 0 Å². The minimum Gasteiger partial charge on any atom is -0.507 e. The number of benzene rings is 3. The Balaban J connectivity index is 2.13. The molecule has 0 amide bonds. The molecule has 0 radical (unpaired) electrons. The summed E-state index contributed by atoms with van der Waals surface area (Å²) in [7, 11) is 0. The number of rotatable bonds is 5. The summed E-state index contributed by atoms with van der Waals surface area (Å²) in [5.41, 5.74) is -1.26. The van der Waals surface area contributed by atoms with Gasteiger partial charge < -0.3 is 10.2 Å². The topological polar surface area (TPSA) is 98.1 Å². The van der Waals surface area contributed by atoms with E-state index >= 15 is 0 Å². The molecule has 10 heteroatoms. The fourth-order valence-corrected chi connectivity index (χ4v) is 3.32. The van der Waals surface area contributed by atoms with E-state index < -0.39 is 51.6 Å². The first-order valence-corrected chi connectivity index (χ1v) is 8.98. The van der Waals surface area contributed by atoms with Gasteiger partial charge in [0.15, 0.2) is 11.6 Å². The molecular weight excluding hydrogens is 411 g/mol. The van der Waals surface area contributed by atoms with Crippen LogP contribution in [0.4, 0.5) is 24.5 Å². The lowest BCUT2D eigenvalue weighted by molar-refractivity contribution is 0.0693. The van der Waals surface area contributed by atoms with Gasteiger partial charge in [-0.25, -0.2) is 26.5 Å². The number of anilines is 2. The van der Waals surface area contributed by atoms with E-state index in [9.17, 15) is 31.8 Å². The van der Waals surface area contributed by atoms with Crippen LogP contribution in [0.3, 0.4) is 0 Å². The van der Waals surface area contributed by atoms with Crippen LogP contribution in [-0.4, -0.2) is 24.9 Å². The lowest BCUT2D eigenvalue weighted by atomic mass is 10.0. The van der Waals surface area contributed by atoms with E-state index in [1.165, 1.54) is 24.3 Å². The number of hydrogen-bond acceptors (Lipinski definition) is 3. The second-order valence-corrected chi connectivity index (χ2v) is 6.63. The molecule has 150 valence electrons. The average Bonchev–Trinajstić information content (AvgIpc) is 2.65. The summed E-state index contributed by atoms with van der Waals surface area (Å²) >= 11 is -2.70. The molecule has 0 aromatic heterocycles. The van der Waals surface area contributed by atoms with E-state index in [4.69, 9.17) is 5.11 Å². The highest BCUT2D eigenvalue weighted by molar-refractivity contribution is 7.81. The highest BCUT2D eigenvalue weighted by atomic mass is 32.2. The second-order valence-electron chi connectivity index (χ2n) is 5.80. The Kier molecular flexibility index (Phi) is 5.57. The molecule has 0 saturated carbocycles. The fraction of sp³-hybridized carbons (Fsp3) is 0. The number of carbonyl (C=O) groups is 1. The van der Waals surface area contributed by atoms with Gasteiger partial charge in [-0.05, 0) is 42.0 Å². The first-order chi connectivity index (χ1) is 13.7. The predicted molar refractivity (Wildman–Crippen MR) is 99.7 cm³/mol. The minimum atomic E-state index is -2.70. The highest BCUT2D eigenvalue weighted by Gasteiger charge is 2.21. The Bertz CT molecular complexity index is 1140. The zero-order valence-corrected chi connectivity index (χ0v) is 15.2. The van der Waals surface area contributed by atoms with Crippen LogP contribution in [0, 0.1) is 17.5 Å². The highest BCUT2D eigenvalue weighted by Crippen LogP contribution is 2.35. The molecule has 0 aliphatic heterocycles. The average molecular weight is 423 g/mol. The van der Waals surface area contributed by atoms with Crippen molar-refractivity contribution < 1.29 is 36.9 Å². The molecule has 6 nitrogen and oxygen atoms in total. The van der Waals surface area contributed by atoms with Crippen molar-refractivity contribution in [3.8, 4) is 16.9 Å². The summed E-state index contributed by atoms with van der Waals surface area (Å²) in [5, 5.41) is 18.8. The van der Waals surface area contributed by atoms with Crippen LogP contribution in [0.1, 0.15) is 10.4 Å². The monoisotopic (exact) mass is 423 g/mol. The molecule has 0 spiro atoms. The van der Waals surface area contributed by atoms with Gasteiger partial charge in [0.25, 0.3) is 11.3 Å². The smallest absolute Gasteiger partial charge is 0.339 e. The van der Waals surface area contributed by atoms with Crippen LogP contribution in [0.2, 0.25) is 0 Å². The van der Waals surface area contributed by atoms with Crippen LogP contribution in [-0.2, 0) is 11.3 Å². The summed E-state index contributed by atoms with van der Waals surface area (Å²) in [6.07, 6.45) is 0. The summed E-state index contributed by atoms with van der Waals surface area (Å²) in [5.74, 6) is -5.75. The van der Waals surface area contributed by atoms with Crippen molar-refractivity contribution in [2.75, 3.05) is 4.31 Å². The molecule has 0 saturated heterocycles. The molecule has 3 aromatic carbocycles. The number of carboxylic acid groups (broad SMARTS) is 1. The minimum absolute atomic E-state index is 0.0196. The van der Waals surface area contributed by atoms with Gasteiger partial charge in [0.05, 0.1) is 16.9 Å². The first kappa shape index (κ1) is 20.4. The van der Waals surface area contributed by atoms with Crippen molar-refractivity contribution in [2.24, 2.45) is 0 Å². The lowest BCUT2D eigenvalue weighted by Gasteiger charge is -2.21. The number of aromatic carboxylic acids is 1. The second kappa shape index (κ2) is 7.94. The van der Waals surface area contributed by atoms with Crippen LogP contribution in [0.25, 0.3) is 11.1 Å². The van der Waals surface area contributed by atoms with Crippen molar-refractivity contribution in [1.29, 1.82) is 0 Å². The summed E-state index contributed by atoms with van der Waals surface area (Å²) in [4.78, 5) is 11.0. The van der Waals surface area contributed by atoms with Gasteiger partial charge >= 0.3 is 5.97 Å². The molecule has 3 rings (SSSR count). The van der Waals surface area contributed by atoms with Crippen molar-refractivity contribution in [2.45, 2.75) is 0 Å². The zero-order valence-electron chi connectivity index (χ0n) is 14.3. The molecule has 0 heterocycles. The van der Waals surface area contributed by atoms with Gasteiger partial charge in [0, 0.05) is 6.07 Å². The molecule has 29 heavy (non-hydrogen) atoms. The molecular formula is C19H12F3NO5S. The quantitative estimate of drug-likeness (QED) is 0.416. The number of aromatic hydroxyl groups is 1. The Hall–Kier alpha value is -3.37. The van der Waals surface area contributed by atoms with Crippen molar-refractivity contribution >= 4 is 28.6 Å². The largest absolute Gasteiger partial charge is 0.507 e. The van der Waals surface area contributed by atoms with Gasteiger partial charge in [0.1, 0.15) is 17.1 Å². The molecule has 0 aliphatic rings. The fourth-order valence-electron chi connectivity index (χ4n) is 2.74. The molecule has 3 N–H and O–H groups in total. The first-order valence-electron chi connectivity index (χ1n) is 7.92. The molecule has 1 unspecified atom stereocenters. The Morgan fingerprint density at radius 1 is 0.931 bits per heavy atom. The van der Waals surface area contributed by atoms with Gasteiger partial charge in [-0.15, -0.1) is 0 Å². The maximum atomic E-state index is 14.1. The molecule has 0 aliphatic carbocycles. The van der Waals surface area contributed by atoms with Crippen LogP contribution in [0.5, 0.6) is 5.75 Å². The molecule has 0 bridgehead atoms. The van der Waals surface area contributed by atoms with Crippen LogP contribution in [0.15, 0.2) is 54.6 Å². The van der Waals surface area contributed by atoms with E-state index in [0.717, 1.165) is 28.6 Å². The Morgan fingerprint density at radius 3 is 2.21 bits per heavy atom. The zero-order chi connectivity index (χ0) is 21.3. The molecule has 0 fully saturated rings. The van der Waals surface area contributed by atoms with Crippen LogP contribution >= 0.6 is 0 Å². The third-order valence-corrected chi connectivity index (χ3v) is 4.75. The Labute approximate surface area is 164 Å². The number of nitrogens with zero attached hydrogens (tertiary/aromatic N) is 1. The number of phenols is 1. The number of carboxylic acids is 1. The normalized spacial score (nSPS) is 11.9. The van der Waals surface area contributed by atoms with E-state index in [-0.39, 0.29) is 16.9 Å². The molecule has 1 atom stereocenters. The third-order valence-electron chi connectivity index (χ3n) is 4.02. The van der Waals surface area contributed by atoms with E-state index in [2.05, 4.69) is 0 Å². The van der Waals surface area contributed by atoms with Crippen molar-refractivity contribution in [1.82, 2.24) is 0 Å². The maximum Gasteiger partial charge on any atom is 0.339 e. The van der Waals surface area contributed by atoms with Gasteiger partial charge in [-0.1, -0.05) is 12.1 Å². The van der Waals surface area contributed by atoms with Crippen molar-refractivity contribution in [3.05, 3.63) is 77.6 Å². The van der Waals surface area contributed by atoms with Crippen LogP contribution < -0.4 is 4.31 Å². The standard InChI is InChI=1S/C19H12F3NO5S/c20-14-6-7-15(21)18(22)17(14)10-2-1-3-11(8-10)23(29(27)28)12-4-5-13(19(25)26)16(24)9-12/h1-9,24H,(H,25,26)(H,27,28). The maximum absolute atomic E-state index is 14.1. The SMILES string of the molecule is O=C(O)c1ccc(N(c2cccc(-c3c(F)ccc(F)c3F)c2)S(=O)O)cc1O. The summed E-state index contributed by atoms with van der Waals surface area (Å²) in [6, 6.07) is 9.66. The summed E-state index contributed by atoms with van der Waals surface area (Å²) in [6.45, 7) is 0. The number of hydrogen-bond donors (Lipinski definition) is 3. The van der Waals surface area contributed by atoms with Gasteiger partial charge in [-0.2, -0.15) is 0 Å². The van der Waals surface area contributed by atoms with Gasteiger partial charge in [0.2, 0.25) is 0 Å². The predicted octanol–water partition coefficient (Wildman–Crippen LogP) is 4.45. The number of halogens is 3. The summed E-state index contributed by atoms with van der Waals surface area (Å²) < 4.78 is 64.1. The van der Waals surface area contributed by atoms with E-state index in [1.807, 2.05) is 0 Å². The van der Waals surface area contributed by atoms with E-state index in [1.54, 1.807) is 0 Å².